The predicted octanol–water partition coefficient (Wildman–Crippen LogP) is 4.68. The highest BCUT2D eigenvalue weighted by Crippen LogP contribution is 2.46. The van der Waals surface area contributed by atoms with Crippen LogP contribution in [0.4, 0.5) is 0 Å². The minimum atomic E-state index is 0.422. The highest BCUT2D eigenvalue weighted by molar-refractivity contribution is 7.11. The summed E-state index contributed by atoms with van der Waals surface area (Å²) in [6.45, 7) is 0. The van der Waals surface area contributed by atoms with Gasteiger partial charge in [-0.05, 0) is 60.4 Å². The van der Waals surface area contributed by atoms with Crippen molar-refractivity contribution >= 4 is 22.7 Å². The Kier molecular flexibility index (Phi) is 3.22. The van der Waals surface area contributed by atoms with Crippen LogP contribution in [0.1, 0.15) is 41.5 Å². The number of thiophene rings is 2. The van der Waals surface area contributed by atoms with Gasteiger partial charge in [0, 0.05) is 15.8 Å². The zero-order valence-corrected chi connectivity index (χ0v) is 12.6. The summed E-state index contributed by atoms with van der Waals surface area (Å²) in [5.74, 6) is 1.91. The van der Waals surface area contributed by atoms with Gasteiger partial charge in [-0.1, -0.05) is 12.1 Å². The molecule has 1 nitrogen and oxygen atoms in total. The molecule has 0 radical (unpaired) electrons. The van der Waals surface area contributed by atoms with Crippen LogP contribution in [-0.2, 0) is 0 Å². The molecule has 0 aliphatic heterocycles. The Bertz CT molecular complexity index is 463. The van der Waals surface area contributed by atoms with Crippen LogP contribution in [0.15, 0.2) is 35.0 Å². The fraction of sp³-hybridized carbons (Fsp3) is 0.500. The van der Waals surface area contributed by atoms with E-state index in [0.717, 1.165) is 17.9 Å². The molecule has 0 amide bonds. The quantitative estimate of drug-likeness (QED) is 0.814. The molecule has 2 aliphatic carbocycles. The standard InChI is InChI=1S/C16H19NS2/c1-3-13(18-9-1)16(14-4-2-10-19-14)17-15(11-5-6-11)12-7-8-12/h1-4,9-12,15-17H,5-8H2. The summed E-state index contributed by atoms with van der Waals surface area (Å²) in [5, 5.41) is 8.39. The van der Waals surface area contributed by atoms with Gasteiger partial charge in [0.05, 0.1) is 6.04 Å². The molecule has 0 atom stereocenters. The van der Waals surface area contributed by atoms with Gasteiger partial charge in [-0.25, -0.2) is 0 Å². The summed E-state index contributed by atoms with van der Waals surface area (Å²) in [6, 6.07) is 10.1. The van der Waals surface area contributed by atoms with Crippen molar-refractivity contribution in [3.8, 4) is 0 Å². The highest BCUT2D eigenvalue weighted by atomic mass is 32.1. The van der Waals surface area contributed by atoms with E-state index in [1.165, 1.54) is 35.4 Å². The predicted molar refractivity (Wildman–Crippen MR) is 82.9 cm³/mol. The maximum Gasteiger partial charge on any atom is 0.0767 e. The molecular weight excluding hydrogens is 270 g/mol. The normalized spacial score (nSPS) is 19.5. The molecule has 19 heavy (non-hydrogen) atoms. The monoisotopic (exact) mass is 289 g/mol. The third-order valence-electron chi connectivity index (χ3n) is 4.27. The molecule has 2 aliphatic rings. The van der Waals surface area contributed by atoms with Crippen LogP contribution in [-0.4, -0.2) is 6.04 Å². The molecule has 100 valence electrons. The van der Waals surface area contributed by atoms with E-state index in [9.17, 15) is 0 Å². The summed E-state index contributed by atoms with van der Waals surface area (Å²) < 4.78 is 0. The Morgan fingerprint density at radius 2 is 1.42 bits per heavy atom. The lowest BCUT2D eigenvalue weighted by Gasteiger charge is -2.24. The van der Waals surface area contributed by atoms with E-state index in [1.807, 2.05) is 22.7 Å². The lowest BCUT2D eigenvalue weighted by molar-refractivity contribution is 0.393. The first-order chi connectivity index (χ1) is 9.42. The van der Waals surface area contributed by atoms with Crippen LogP contribution in [0.3, 0.4) is 0 Å². The van der Waals surface area contributed by atoms with Crippen molar-refractivity contribution < 1.29 is 0 Å². The van der Waals surface area contributed by atoms with Crippen molar-refractivity contribution in [2.24, 2.45) is 11.8 Å². The van der Waals surface area contributed by atoms with Crippen LogP contribution in [0.2, 0.25) is 0 Å². The molecule has 3 heteroatoms. The van der Waals surface area contributed by atoms with Gasteiger partial charge in [-0.3, -0.25) is 0 Å². The maximum absolute atomic E-state index is 4.00. The Morgan fingerprint density at radius 3 is 1.79 bits per heavy atom. The van der Waals surface area contributed by atoms with Gasteiger partial charge in [-0.2, -0.15) is 0 Å². The first kappa shape index (κ1) is 12.1. The molecule has 2 heterocycles. The molecule has 4 rings (SSSR count). The average molecular weight is 289 g/mol. The van der Waals surface area contributed by atoms with Gasteiger partial charge < -0.3 is 5.32 Å². The third kappa shape index (κ3) is 2.64. The van der Waals surface area contributed by atoms with Crippen molar-refractivity contribution in [2.75, 3.05) is 0 Å². The van der Waals surface area contributed by atoms with E-state index in [4.69, 9.17) is 0 Å². The van der Waals surface area contributed by atoms with E-state index in [-0.39, 0.29) is 0 Å². The van der Waals surface area contributed by atoms with E-state index < -0.39 is 0 Å². The molecule has 0 bridgehead atoms. The van der Waals surface area contributed by atoms with E-state index in [0.29, 0.717) is 6.04 Å². The van der Waals surface area contributed by atoms with Crippen LogP contribution in [0.25, 0.3) is 0 Å². The van der Waals surface area contributed by atoms with Crippen LogP contribution in [0, 0.1) is 11.8 Å². The van der Waals surface area contributed by atoms with Gasteiger partial charge in [0.2, 0.25) is 0 Å². The molecular formula is C16H19NS2. The van der Waals surface area contributed by atoms with Gasteiger partial charge in [-0.15, -0.1) is 22.7 Å². The first-order valence-corrected chi connectivity index (χ1v) is 9.00. The molecule has 2 aromatic rings. The van der Waals surface area contributed by atoms with Crippen molar-refractivity contribution in [3.63, 3.8) is 0 Å². The number of nitrogens with one attached hydrogen (secondary N) is 1. The van der Waals surface area contributed by atoms with Crippen LogP contribution < -0.4 is 5.32 Å². The molecule has 1 N–H and O–H groups in total. The smallest absolute Gasteiger partial charge is 0.0767 e. The summed E-state index contributed by atoms with van der Waals surface area (Å²) >= 11 is 3.76. The molecule has 0 saturated heterocycles. The summed E-state index contributed by atoms with van der Waals surface area (Å²) in [7, 11) is 0. The van der Waals surface area contributed by atoms with E-state index >= 15 is 0 Å². The van der Waals surface area contributed by atoms with Gasteiger partial charge in [0.1, 0.15) is 0 Å². The zero-order chi connectivity index (χ0) is 12.7. The summed E-state index contributed by atoms with van der Waals surface area (Å²) in [5.41, 5.74) is 0. The second kappa shape index (κ2) is 5.04. The third-order valence-corrected chi connectivity index (χ3v) is 6.15. The molecule has 0 unspecified atom stereocenters. The maximum atomic E-state index is 4.00. The Morgan fingerprint density at radius 1 is 0.895 bits per heavy atom. The van der Waals surface area contributed by atoms with E-state index in [2.05, 4.69) is 40.3 Å². The highest BCUT2D eigenvalue weighted by Gasteiger charge is 2.42. The van der Waals surface area contributed by atoms with Gasteiger partial charge in [0.25, 0.3) is 0 Å². The average Bonchev–Trinajstić information content (AvgIpc) is 3.33. The van der Waals surface area contributed by atoms with Gasteiger partial charge in [0.15, 0.2) is 0 Å². The van der Waals surface area contributed by atoms with Crippen LogP contribution in [0.5, 0.6) is 0 Å². The Hall–Kier alpha value is -0.640. The second-order valence-corrected chi connectivity index (χ2v) is 7.79. The largest absolute Gasteiger partial charge is 0.302 e. The first-order valence-electron chi connectivity index (χ1n) is 7.24. The number of hydrogen-bond acceptors (Lipinski definition) is 3. The van der Waals surface area contributed by atoms with Crippen molar-refractivity contribution in [1.29, 1.82) is 0 Å². The minimum Gasteiger partial charge on any atom is -0.302 e. The lowest BCUT2D eigenvalue weighted by Crippen LogP contribution is -2.36. The second-order valence-electron chi connectivity index (χ2n) is 5.83. The Balaban J connectivity index is 1.59. The summed E-state index contributed by atoms with van der Waals surface area (Å²) in [6.07, 6.45) is 5.76. The lowest BCUT2D eigenvalue weighted by atomic mass is 10.0. The fourth-order valence-electron chi connectivity index (χ4n) is 2.98. The minimum absolute atomic E-state index is 0.422. The summed E-state index contributed by atoms with van der Waals surface area (Å²) in [4.78, 5) is 2.93. The van der Waals surface area contributed by atoms with E-state index in [1.54, 1.807) is 0 Å². The van der Waals surface area contributed by atoms with Gasteiger partial charge >= 0.3 is 0 Å². The SMILES string of the molecule is c1csc(C(NC(C2CC2)C2CC2)c2cccs2)c1. The topological polar surface area (TPSA) is 12.0 Å². The molecule has 2 saturated carbocycles. The number of hydrogen-bond donors (Lipinski definition) is 1. The fourth-order valence-corrected chi connectivity index (χ4v) is 4.66. The van der Waals surface area contributed by atoms with Crippen LogP contribution >= 0.6 is 22.7 Å². The molecule has 2 aromatic heterocycles. The Labute approximate surface area is 122 Å². The molecule has 0 aromatic carbocycles. The zero-order valence-electron chi connectivity index (χ0n) is 10.9. The molecule has 2 fully saturated rings. The number of rotatable bonds is 6. The molecule has 0 spiro atoms. The van der Waals surface area contributed by atoms with Crippen molar-refractivity contribution in [1.82, 2.24) is 5.32 Å². The van der Waals surface area contributed by atoms with Crippen molar-refractivity contribution in [2.45, 2.75) is 37.8 Å². The van der Waals surface area contributed by atoms with Crippen molar-refractivity contribution in [3.05, 3.63) is 44.8 Å².